The minimum absolute atomic E-state index is 0.0821. The molecule has 6 heteroatoms. The van der Waals surface area contributed by atoms with Gasteiger partial charge in [0.2, 0.25) is 0 Å². The van der Waals surface area contributed by atoms with Gasteiger partial charge in [-0.15, -0.1) is 11.6 Å². The van der Waals surface area contributed by atoms with E-state index < -0.39 is 11.8 Å². The van der Waals surface area contributed by atoms with Crippen molar-refractivity contribution in [3.63, 3.8) is 0 Å². The zero-order chi connectivity index (χ0) is 12.9. The third-order valence-corrected chi connectivity index (χ3v) is 2.74. The van der Waals surface area contributed by atoms with Crippen LogP contribution in [-0.2, 0) is 14.3 Å². The van der Waals surface area contributed by atoms with Crippen molar-refractivity contribution in [1.82, 2.24) is 0 Å². The molecule has 5 nitrogen and oxygen atoms in total. The Labute approximate surface area is 105 Å². The maximum atomic E-state index is 10.8. The Bertz CT molecular complexity index is 353. The van der Waals surface area contributed by atoms with Crippen molar-refractivity contribution >= 4 is 17.6 Å². The Balaban J connectivity index is 2.76. The molecule has 0 amide bonds. The van der Waals surface area contributed by atoms with E-state index in [1.807, 2.05) is 0 Å². The van der Waals surface area contributed by atoms with Crippen LogP contribution in [0.4, 0.5) is 0 Å². The second-order valence-electron chi connectivity index (χ2n) is 3.63. The number of halogens is 1. The van der Waals surface area contributed by atoms with Gasteiger partial charge in [0, 0.05) is 25.1 Å². The molecule has 96 valence electrons. The van der Waals surface area contributed by atoms with Gasteiger partial charge in [0.1, 0.15) is 0 Å². The minimum atomic E-state index is -1.05. The lowest BCUT2D eigenvalue weighted by Gasteiger charge is -2.31. The first kappa shape index (κ1) is 14.0. The Kier molecular flexibility index (Phi) is 4.99. The third-order valence-electron chi connectivity index (χ3n) is 2.48. The van der Waals surface area contributed by atoms with Crippen molar-refractivity contribution in [2.75, 3.05) is 19.6 Å². The molecule has 1 rings (SSSR count). The molecule has 0 saturated carbocycles. The number of carbonyl (C=O) groups is 1. The van der Waals surface area contributed by atoms with E-state index in [4.69, 9.17) is 31.9 Å². The van der Waals surface area contributed by atoms with Gasteiger partial charge in [-0.3, -0.25) is 0 Å². The normalized spacial score (nSPS) is 24.1. The molecular weight excluding hydrogens is 246 g/mol. The molecule has 1 atom stereocenters. The van der Waals surface area contributed by atoms with Crippen LogP contribution in [0.1, 0.15) is 12.8 Å². The highest BCUT2D eigenvalue weighted by atomic mass is 35.5. The Morgan fingerprint density at radius 2 is 2.41 bits per heavy atom. The fraction of sp³-hybridized carbons (Fsp3) is 0.545. The summed E-state index contributed by atoms with van der Waals surface area (Å²) in [5.41, 5.74) is 5.89. The summed E-state index contributed by atoms with van der Waals surface area (Å²) in [6.45, 7) is 0.428. The topological polar surface area (TPSA) is 81.8 Å². The SMILES string of the molecule is COC1(OCCCCl)C=C(N)C(C(=O)O)=CC1. The lowest BCUT2D eigenvalue weighted by atomic mass is 9.99. The van der Waals surface area contributed by atoms with Crippen molar-refractivity contribution in [2.24, 2.45) is 5.73 Å². The maximum Gasteiger partial charge on any atom is 0.337 e. The summed E-state index contributed by atoms with van der Waals surface area (Å²) in [5.74, 6) is -1.53. The van der Waals surface area contributed by atoms with E-state index >= 15 is 0 Å². The van der Waals surface area contributed by atoms with Gasteiger partial charge in [-0.2, -0.15) is 0 Å². The smallest absolute Gasteiger partial charge is 0.337 e. The average molecular weight is 262 g/mol. The molecular formula is C11H16ClNO4. The highest BCUT2D eigenvalue weighted by Gasteiger charge is 2.32. The van der Waals surface area contributed by atoms with Crippen LogP contribution in [0.25, 0.3) is 0 Å². The number of ether oxygens (including phenoxy) is 2. The number of nitrogens with two attached hydrogens (primary N) is 1. The molecule has 0 aliphatic heterocycles. The van der Waals surface area contributed by atoms with Crippen molar-refractivity contribution in [3.8, 4) is 0 Å². The van der Waals surface area contributed by atoms with E-state index in [2.05, 4.69) is 0 Å². The molecule has 17 heavy (non-hydrogen) atoms. The number of hydrogen-bond acceptors (Lipinski definition) is 4. The number of alkyl halides is 1. The monoisotopic (exact) mass is 261 g/mol. The predicted molar refractivity (Wildman–Crippen MR) is 63.6 cm³/mol. The molecule has 0 saturated heterocycles. The zero-order valence-corrected chi connectivity index (χ0v) is 10.4. The van der Waals surface area contributed by atoms with Crippen molar-refractivity contribution < 1.29 is 19.4 Å². The second kappa shape index (κ2) is 6.05. The predicted octanol–water partition coefficient (Wildman–Crippen LogP) is 1.23. The van der Waals surface area contributed by atoms with Crippen molar-refractivity contribution in [1.29, 1.82) is 0 Å². The van der Waals surface area contributed by atoms with Gasteiger partial charge < -0.3 is 20.3 Å². The van der Waals surface area contributed by atoms with Crippen LogP contribution in [0.2, 0.25) is 0 Å². The van der Waals surface area contributed by atoms with Gasteiger partial charge in [0.05, 0.1) is 12.2 Å². The first-order valence-corrected chi connectivity index (χ1v) is 5.75. The van der Waals surface area contributed by atoms with Crippen LogP contribution in [0.5, 0.6) is 0 Å². The van der Waals surface area contributed by atoms with E-state index in [0.717, 1.165) is 0 Å². The molecule has 0 radical (unpaired) electrons. The van der Waals surface area contributed by atoms with Crippen molar-refractivity contribution in [3.05, 3.63) is 23.4 Å². The van der Waals surface area contributed by atoms with Crippen LogP contribution in [-0.4, -0.2) is 36.5 Å². The molecule has 0 bridgehead atoms. The zero-order valence-electron chi connectivity index (χ0n) is 9.61. The van der Waals surface area contributed by atoms with Crippen LogP contribution in [0.3, 0.4) is 0 Å². The summed E-state index contributed by atoms with van der Waals surface area (Å²) < 4.78 is 10.8. The molecule has 0 spiro atoms. The van der Waals surface area contributed by atoms with Crippen molar-refractivity contribution in [2.45, 2.75) is 18.6 Å². The van der Waals surface area contributed by atoms with Gasteiger partial charge in [0.25, 0.3) is 0 Å². The van der Waals surface area contributed by atoms with E-state index in [0.29, 0.717) is 25.3 Å². The Hall–Kier alpha value is -1.04. The lowest BCUT2D eigenvalue weighted by molar-refractivity contribution is -0.186. The first-order valence-electron chi connectivity index (χ1n) is 5.22. The van der Waals surface area contributed by atoms with Crippen LogP contribution in [0.15, 0.2) is 23.4 Å². The second-order valence-corrected chi connectivity index (χ2v) is 4.01. The number of carboxylic acids is 1. The van der Waals surface area contributed by atoms with Crippen LogP contribution >= 0.6 is 11.6 Å². The van der Waals surface area contributed by atoms with Crippen LogP contribution in [0, 0.1) is 0 Å². The van der Waals surface area contributed by atoms with E-state index in [-0.39, 0.29) is 11.3 Å². The lowest BCUT2D eigenvalue weighted by Crippen LogP contribution is -2.36. The molecule has 3 N–H and O–H groups in total. The molecule has 0 heterocycles. The summed E-state index contributed by atoms with van der Waals surface area (Å²) >= 11 is 5.55. The number of hydrogen-bond donors (Lipinski definition) is 2. The number of rotatable bonds is 6. The number of methoxy groups -OCH3 is 1. The summed E-state index contributed by atoms with van der Waals surface area (Å²) in [5, 5.41) is 8.88. The van der Waals surface area contributed by atoms with E-state index in [1.165, 1.54) is 19.3 Å². The highest BCUT2D eigenvalue weighted by molar-refractivity contribution is 6.17. The largest absolute Gasteiger partial charge is 0.478 e. The van der Waals surface area contributed by atoms with Gasteiger partial charge in [-0.05, 0) is 12.5 Å². The maximum absolute atomic E-state index is 10.8. The van der Waals surface area contributed by atoms with Gasteiger partial charge >= 0.3 is 5.97 Å². The van der Waals surface area contributed by atoms with Crippen LogP contribution < -0.4 is 5.73 Å². The van der Waals surface area contributed by atoms with E-state index in [1.54, 1.807) is 0 Å². The summed E-state index contributed by atoms with van der Waals surface area (Å²) in [7, 11) is 1.49. The third kappa shape index (κ3) is 3.46. The van der Waals surface area contributed by atoms with Gasteiger partial charge in [-0.25, -0.2) is 4.79 Å². The molecule has 1 unspecified atom stereocenters. The fourth-order valence-electron chi connectivity index (χ4n) is 1.55. The molecule has 0 fully saturated rings. The Morgan fingerprint density at radius 1 is 1.71 bits per heavy atom. The first-order chi connectivity index (χ1) is 8.04. The van der Waals surface area contributed by atoms with E-state index in [9.17, 15) is 4.79 Å². The molecule has 0 aromatic heterocycles. The molecule has 0 aromatic rings. The van der Waals surface area contributed by atoms with Gasteiger partial charge in [0.15, 0.2) is 5.79 Å². The number of carboxylic acid groups (broad SMARTS) is 1. The summed E-state index contributed by atoms with van der Waals surface area (Å²) in [6.07, 6.45) is 4.00. The minimum Gasteiger partial charge on any atom is -0.478 e. The number of aliphatic carboxylic acids is 1. The average Bonchev–Trinajstić information content (AvgIpc) is 2.29. The fourth-order valence-corrected chi connectivity index (χ4v) is 1.66. The standard InChI is InChI=1S/C11H16ClNO4/c1-16-11(17-6-2-5-12)4-3-8(10(14)15)9(13)7-11/h3,7H,2,4-6,13H2,1H3,(H,14,15). The molecule has 1 aliphatic carbocycles. The molecule has 1 aliphatic rings. The Morgan fingerprint density at radius 3 is 2.88 bits per heavy atom. The summed E-state index contributed by atoms with van der Waals surface area (Å²) in [6, 6.07) is 0. The van der Waals surface area contributed by atoms with Gasteiger partial charge in [-0.1, -0.05) is 6.08 Å². The quantitative estimate of drug-likeness (QED) is 0.427. The highest BCUT2D eigenvalue weighted by Crippen LogP contribution is 2.28. The molecule has 0 aromatic carbocycles. The summed E-state index contributed by atoms with van der Waals surface area (Å²) in [4.78, 5) is 10.8.